The molecular weight excluding hydrogens is 452 g/mol. The van der Waals surface area contributed by atoms with Crippen molar-refractivity contribution in [1.82, 2.24) is 39.8 Å². The summed E-state index contributed by atoms with van der Waals surface area (Å²) in [5, 5.41) is 20.8. The second kappa shape index (κ2) is 9.15. The Hall–Kier alpha value is -3.56. The van der Waals surface area contributed by atoms with Crippen molar-refractivity contribution in [2.45, 2.75) is 64.8 Å². The van der Waals surface area contributed by atoms with Gasteiger partial charge in [0.05, 0.1) is 13.2 Å². The summed E-state index contributed by atoms with van der Waals surface area (Å²) in [5.74, 6) is 2.43. The third kappa shape index (κ3) is 4.18. The lowest BCUT2D eigenvalue weighted by molar-refractivity contribution is 0.225. The number of benzene rings is 1. The molecule has 0 bridgehead atoms. The predicted molar refractivity (Wildman–Crippen MR) is 139 cm³/mol. The Bertz CT molecular complexity index is 1350. The van der Waals surface area contributed by atoms with Gasteiger partial charge in [0.25, 0.3) is 0 Å². The monoisotopic (exact) mass is 486 g/mol. The van der Waals surface area contributed by atoms with E-state index in [1.54, 1.807) is 7.05 Å². The molecule has 0 unspecified atom stereocenters. The number of hydrogen-bond donors (Lipinski definition) is 1. The number of aryl methyl sites for hydroxylation is 1. The van der Waals surface area contributed by atoms with Crippen molar-refractivity contribution in [3.8, 4) is 11.4 Å². The molecular formula is C26H34N10. The quantitative estimate of drug-likeness (QED) is 0.432. The summed E-state index contributed by atoms with van der Waals surface area (Å²) in [7, 11) is 1.77. The minimum absolute atomic E-state index is 0.324. The average Bonchev–Trinajstić information content (AvgIpc) is 3.63. The molecule has 10 heteroatoms. The number of hydrogen-bond acceptors (Lipinski definition) is 8. The van der Waals surface area contributed by atoms with Crippen molar-refractivity contribution >= 4 is 17.5 Å². The van der Waals surface area contributed by atoms with Crippen LogP contribution in [0, 0.1) is 5.41 Å². The molecule has 36 heavy (non-hydrogen) atoms. The summed E-state index contributed by atoms with van der Waals surface area (Å²) in [6, 6.07) is 8.11. The average molecular weight is 487 g/mol. The standard InChI is InChI=1S/C26H34N10/c1-18(2)21-17-28-36-23(21)29-25(35-14-12-26(13-15-35)10-6-7-11-26)30-24(36)27-16-19-8-4-5-9-20(19)22-31-33-34(3)32-22/h4-5,8-9,17-18H,6-7,10-16H2,1-3H3,(H,27,29,30). The van der Waals surface area contributed by atoms with Crippen molar-refractivity contribution in [2.75, 3.05) is 23.3 Å². The number of nitrogens with zero attached hydrogens (tertiary/aromatic N) is 9. The summed E-state index contributed by atoms with van der Waals surface area (Å²) < 4.78 is 1.84. The van der Waals surface area contributed by atoms with Crippen LogP contribution in [-0.2, 0) is 13.6 Å². The van der Waals surface area contributed by atoms with Crippen molar-refractivity contribution in [1.29, 1.82) is 0 Å². The van der Waals surface area contributed by atoms with Gasteiger partial charge in [0.1, 0.15) is 0 Å². The first-order valence-electron chi connectivity index (χ1n) is 13.1. The normalized spacial score (nSPS) is 17.5. The van der Waals surface area contributed by atoms with Crippen LogP contribution in [0.2, 0.25) is 0 Å². The number of piperidine rings is 1. The van der Waals surface area contributed by atoms with Crippen LogP contribution in [0.1, 0.15) is 69.4 Å². The highest BCUT2D eigenvalue weighted by Crippen LogP contribution is 2.46. The summed E-state index contributed by atoms with van der Waals surface area (Å²) in [4.78, 5) is 13.9. The van der Waals surface area contributed by atoms with Crippen molar-refractivity contribution in [3.05, 3.63) is 41.6 Å². The third-order valence-electron chi connectivity index (χ3n) is 7.98. The van der Waals surface area contributed by atoms with Crippen LogP contribution < -0.4 is 10.2 Å². The molecule has 1 spiro atoms. The first kappa shape index (κ1) is 22.9. The van der Waals surface area contributed by atoms with Gasteiger partial charge in [-0.05, 0) is 47.8 Å². The lowest BCUT2D eigenvalue weighted by Gasteiger charge is -2.39. The summed E-state index contributed by atoms with van der Waals surface area (Å²) in [6.45, 7) is 6.95. The molecule has 6 rings (SSSR count). The van der Waals surface area contributed by atoms with Crippen LogP contribution in [0.25, 0.3) is 17.0 Å². The van der Waals surface area contributed by atoms with Gasteiger partial charge in [-0.2, -0.15) is 24.4 Å². The van der Waals surface area contributed by atoms with E-state index in [1.807, 2.05) is 28.9 Å². The highest BCUT2D eigenvalue weighted by atomic mass is 15.6. The van der Waals surface area contributed by atoms with Gasteiger partial charge in [0.2, 0.25) is 17.7 Å². The van der Waals surface area contributed by atoms with E-state index in [1.165, 1.54) is 43.3 Å². The van der Waals surface area contributed by atoms with Crippen LogP contribution in [0.5, 0.6) is 0 Å². The third-order valence-corrected chi connectivity index (χ3v) is 7.98. The zero-order valence-electron chi connectivity index (χ0n) is 21.4. The maximum atomic E-state index is 5.02. The van der Waals surface area contributed by atoms with Crippen LogP contribution in [-0.4, -0.2) is 52.9 Å². The molecule has 0 amide bonds. The molecule has 1 aliphatic heterocycles. The Morgan fingerprint density at radius 1 is 1.03 bits per heavy atom. The van der Waals surface area contributed by atoms with Gasteiger partial charge in [0.15, 0.2) is 5.65 Å². The lowest BCUT2D eigenvalue weighted by atomic mass is 9.77. The van der Waals surface area contributed by atoms with Crippen LogP contribution in [0.15, 0.2) is 30.5 Å². The van der Waals surface area contributed by atoms with Crippen LogP contribution in [0.4, 0.5) is 11.9 Å². The molecule has 1 aromatic carbocycles. The van der Waals surface area contributed by atoms with E-state index >= 15 is 0 Å². The predicted octanol–water partition coefficient (Wildman–Crippen LogP) is 4.21. The first-order valence-corrected chi connectivity index (χ1v) is 13.1. The number of fused-ring (bicyclic) bond motifs is 1. The fourth-order valence-electron chi connectivity index (χ4n) is 5.81. The SMILES string of the molecule is CC(C)c1cnn2c(NCc3ccccc3-c3nnn(C)n3)nc(N3CCC4(CCCC4)CC3)nc12. The fraction of sp³-hybridized carbons (Fsp3) is 0.538. The molecule has 4 aromatic rings. The maximum absolute atomic E-state index is 5.02. The first-order chi connectivity index (χ1) is 17.5. The number of tetrazole rings is 1. The number of anilines is 2. The van der Waals surface area contributed by atoms with Crippen molar-refractivity contribution in [3.63, 3.8) is 0 Å². The van der Waals surface area contributed by atoms with Gasteiger partial charge in [-0.25, -0.2) is 0 Å². The smallest absolute Gasteiger partial charge is 0.230 e. The molecule has 4 heterocycles. The van der Waals surface area contributed by atoms with Crippen molar-refractivity contribution in [2.24, 2.45) is 12.5 Å². The summed E-state index contributed by atoms with van der Waals surface area (Å²) >= 11 is 0. The van der Waals surface area contributed by atoms with Crippen molar-refractivity contribution < 1.29 is 0 Å². The van der Waals surface area contributed by atoms with E-state index in [0.29, 0.717) is 29.7 Å². The van der Waals surface area contributed by atoms with Gasteiger partial charge >= 0.3 is 0 Å². The molecule has 2 aliphatic rings. The molecule has 1 saturated carbocycles. The molecule has 1 N–H and O–H groups in total. The van der Waals surface area contributed by atoms with Gasteiger partial charge in [-0.15, -0.1) is 10.2 Å². The summed E-state index contributed by atoms with van der Waals surface area (Å²) in [5.41, 5.74) is 4.58. The zero-order valence-corrected chi connectivity index (χ0v) is 21.4. The Kier molecular flexibility index (Phi) is 5.81. The molecule has 188 valence electrons. The van der Waals surface area contributed by atoms with E-state index in [0.717, 1.165) is 41.4 Å². The lowest BCUT2D eigenvalue weighted by Crippen LogP contribution is -2.40. The van der Waals surface area contributed by atoms with Gasteiger partial charge in [-0.1, -0.05) is 51.0 Å². The van der Waals surface area contributed by atoms with E-state index in [-0.39, 0.29) is 0 Å². The minimum atomic E-state index is 0.324. The minimum Gasteiger partial charge on any atom is -0.350 e. The van der Waals surface area contributed by atoms with Crippen LogP contribution in [0.3, 0.4) is 0 Å². The summed E-state index contributed by atoms with van der Waals surface area (Å²) in [6.07, 6.45) is 9.93. The van der Waals surface area contributed by atoms with E-state index < -0.39 is 0 Å². The van der Waals surface area contributed by atoms with E-state index in [4.69, 9.17) is 9.97 Å². The molecule has 1 saturated heterocycles. The Balaban J connectivity index is 1.31. The number of nitrogens with one attached hydrogen (secondary N) is 1. The van der Waals surface area contributed by atoms with E-state index in [9.17, 15) is 0 Å². The Labute approximate surface area is 211 Å². The molecule has 0 radical (unpaired) electrons. The molecule has 1 aliphatic carbocycles. The second-order valence-corrected chi connectivity index (χ2v) is 10.6. The van der Waals surface area contributed by atoms with Gasteiger partial charge in [0, 0.05) is 30.8 Å². The number of aromatic nitrogens is 8. The van der Waals surface area contributed by atoms with Gasteiger partial charge < -0.3 is 10.2 Å². The number of rotatable bonds is 6. The second-order valence-electron chi connectivity index (χ2n) is 10.6. The highest BCUT2D eigenvalue weighted by Gasteiger charge is 2.37. The Morgan fingerprint density at radius 3 is 2.53 bits per heavy atom. The largest absolute Gasteiger partial charge is 0.350 e. The molecule has 2 fully saturated rings. The topological polar surface area (TPSA) is 102 Å². The Morgan fingerprint density at radius 2 is 1.81 bits per heavy atom. The molecule has 0 atom stereocenters. The van der Waals surface area contributed by atoms with Gasteiger partial charge in [-0.3, -0.25) is 0 Å². The van der Waals surface area contributed by atoms with E-state index in [2.05, 4.69) is 50.6 Å². The maximum Gasteiger partial charge on any atom is 0.230 e. The molecule has 10 nitrogen and oxygen atoms in total. The van der Waals surface area contributed by atoms with Crippen LogP contribution >= 0.6 is 0 Å². The highest BCUT2D eigenvalue weighted by molar-refractivity contribution is 5.61. The zero-order chi connectivity index (χ0) is 24.7. The fourth-order valence-corrected chi connectivity index (χ4v) is 5.81. The molecule has 3 aromatic heterocycles.